The number of rotatable bonds is 4. The van der Waals surface area contributed by atoms with Crippen molar-refractivity contribution in [3.63, 3.8) is 0 Å². The Balaban J connectivity index is 1.57. The second-order valence-corrected chi connectivity index (χ2v) is 8.42. The molecule has 1 amide bonds. The highest BCUT2D eigenvalue weighted by Gasteiger charge is 2.40. The summed E-state index contributed by atoms with van der Waals surface area (Å²) >= 11 is 0. The van der Waals surface area contributed by atoms with Crippen LogP contribution in [0.25, 0.3) is 0 Å². The molecule has 2 aliphatic carbocycles. The fourth-order valence-corrected chi connectivity index (χ4v) is 4.41. The normalized spacial score (nSPS) is 28.3. The van der Waals surface area contributed by atoms with Crippen LogP contribution in [0.15, 0.2) is 47.1 Å². The number of hydrogen-bond acceptors (Lipinski definition) is 2. The molecule has 3 atom stereocenters. The van der Waals surface area contributed by atoms with Crippen LogP contribution in [0.1, 0.15) is 52.0 Å². The summed E-state index contributed by atoms with van der Waals surface area (Å²) in [7, 11) is 0. The molecule has 0 radical (unpaired) electrons. The van der Waals surface area contributed by atoms with Gasteiger partial charge in [0, 0.05) is 6.21 Å². The van der Waals surface area contributed by atoms with E-state index in [0.29, 0.717) is 29.6 Å². The third kappa shape index (κ3) is 4.39. The first-order chi connectivity index (χ1) is 12.0. The lowest BCUT2D eigenvalue weighted by atomic mass is 9.59. The van der Waals surface area contributed by atoms with Crippen LogP contribution in [0.2, 0.25) is 0 Å². The lowest BCUT2D eigenvalue weighted by molar-refractivity contribution is -0.120. The van der Waals surface area contributed by atoms with Crippen molar-refractivity contribution >= 4 is 12.1 Å². The zero-order valence-electron chi connectivity index (χ0n) is 15.7. The van der Waals surface area contributed by atoms with Crippen molar-refractivity contribution in [2.24, 2.45) is 28.3 Å². The number of amides is 1. The van der Waals surface area contributed by atoms with Gasteiger partial charge in [0.25, 0.3) is 0 Å². The maximum absolute atomic E-state index is 12.0. The number of allylic oxidation sites excluding steroid dienone is 2. The zero-order chi connectivity index (χ0) is 17.9. The molecule has 3 rings (SSSR count). The van der Waals surface area contributed by atoms with E-state index in [1.54, 1.807) is 5.57 Å². The second-order valence-electron chi connectivity index (χ2n) is 8.42. The number of fused-ring (bicyclic) bond motifs is 1. The molecule has 2 aliphatic rings. The molecule has 3 heteroatoms. The van der Waals surface area contributed by atoms with Crippen LogP contribution in [0.4, 0.5) is 0 Å². The largest absolute Gasteiger partial charge is 0.273 e. The van der Waals surface area contributed by atoms with E-state index in [-0.39, 0.29) is 5.91 Å². The maximum Gasteiger partial charge on any atom is 0.244 e. The smallest absolute Gasteiger partial charge is 0.244 e. The molecule has 25 heavy (non-hydrogen) atoms. The Kier molecular flexibility index (Phi) is 5.41. The Morgan fingerprint density at radius 3 is 2.84 bits per heavy atom. The Hall–Kier alpha value is -1.90. The fraction of sp³-hybridized carbons (Fsp3) is 0.545. The summed E-state index contributed by atoms with van der Waals surface area (Å²) < 4.78 is 0. The highest BCUT2D eigenvalue weighted by Crippen LogP contribution is 2.50. The van der Waals surface area contributed by atoms with E-state index in [9.17, 15) is 4.79 Å². The van der Waals surface area contributed by atoms with E-state index in [1.165, 1.54) is 19.3 Å². The van der Waals surface area contributed by atoms with Gasteiger partial charge in [0.2, 0.25) is 5.91 Å². The summed E-state index contributed by atoms with van der Waals surface area (Å²) in [4.78, 5) is 12.0. The van der Waals surface area contributed by atoms with E-state index in [1.807, 2.05) is 36.5 Å². The lowest BCUT2D eigenvalue weighted by Crippen LogP contribution is -2.37. The van der Waals surface area contributed by atoms with E-state index in [4.69, 9.17) is 0 Å². The summed E-state index contributed by atoms with van der Waals surface area (Å²) in [5.41, 5.74) is 5.76. The third-order valence-corrected chi connectivity index (χ3v) is 6.05. The predicted octanol–water partition coefficient (Wildman–Crippen LogP) is 4.74. The van der Waals surface area contributed by atoms with Gasteiger partial charge in [-0.3, -0.25) is 4.79 Å². The van der Waals surface area contributed by atoms with Crippen LogP contribution in [0.3, 0.4) is 0 Å². The number of hydrazone groups is 1. The molecular formula is C22H30N2O. The summed E-state index contributed by atoms with van der Waals surface area (Å²) in [6.45, 7) is 7.11. The van der Waals surface area contributed by atoms with Crippen molar-refractivity contribution in [3.05, 3.63) is 47.5 Å². The van der Waals surface area contributed by atoms with Crippen molar-refractivity contribution in [1.82, 2.24) is 5.43 Å². The molecular weight excluding hydrogens is 308 g/mol. The van der Waals surface area contributed by atoms with Gasteiger partial charge in [-0.05, 0) is 54.4 Å². The first kappa shape index (κ1) is 17.9. The average molecular weight is 338 g/mol. The van der Waals surface area contributed by atoms with Gasteiger partial charge in [-0.15, -0.1) is 0 Å². The monoisotopic (exact) mass is 338 g/mol. The van der Waals surface area contributed by atoms with Gasteiger partial charge < -0.3 is 0 Å². The van der Waals surface area contributed by atoms with Gasteiger partial charge in [-0.25, -0.2) is 5.43 Å². The van der Waals surface area contributed by atoms with Crippen LogP contribution >= 0.6 is 0 Å². The number of nitrogens with zero attached hydrogens (tertiary/aromatic N) is 1. The minimum atomic E-state index is -0.0514. The molecule has 0 aliphatic heterocycles. The molecule has 1 aromatic rings. The average Bonchev–Trinajstić information content (AvgIpc) is 2.56. The van der Waals surface area contributed by atoms with Crippen LogP contribution < -0.4 is 5.43 Å². The molecule has 0 bridgehead atoms. The predicted molar refractivity (Wildman–Crippen MR) is 103 cm³/mol. The van der Waals surface area contributed by atoms with E-state index >= 15 is 0 Å². The Morgan fingerprint density at radius 2 is 2.08 bits per heavy atom. The number of carbonyl (C=O) groups is 1. The van der Waals surface area contributed by atoms with Crippen molar-refractivity contribution in [2.75, 3.05) is 0 Å². The van der Waals surface area contributed by atoms with E-state index in [0.717, 1.165) is 12.0 Å². The van der Waals surface area contributed by atoms with Crippen molar-refractivity contribution < 1.29 is 4.79 Å². The maximum atomic E-state index is 12.0. The molecule has 0 aromatic heterocycles. The van der Waals surface area contributed by atoms with Crippen molar-refractivity contribution in [3.8, 4) is 0 Å². The van der Waals surface area contributed by atoms with Gasteiger partial charge in [-0.1, -0.05) is 62.8 Å². The quantitative estimate of drug-likeness (QED) is 0.481. The standard InChI is InChI=1S/C22H30N2O/c1-16-12-18-10-7-11-22(2,3)20(18)14-19(16)15-23-24-21(25)13-17-8-5-4-6-9-17/h4-6,8-10,15-16,19-20H,7,11-14H2,1-3H3,(H,24,25)/b23-15-/t16-,19+,20+/m0/s1. The highest BCUT2D eigenvalue weighted by atomic mass is 16.2. The molecule has 1 fully saturated rings. The first-order valence-electron chi connectivity index (χ1n) is 9.50. The molecule has 0 spiro atoms. The SMILES string of the molecule is C[C@H]1CC2=CCCC(C)(C)[C@@H]2C[C@@H]1/C=N\NC(=O)Cc1ccccc1. The van der Waals surface area contributed by atoms with Gasteiger partial charge in [-0.2, -0.15) is 5.10 Å². The summed E-state index contributed by atoms with van der Waals surface area (Å²) in [6, 6.07) is 9.79. The van der Waals surface area contributed by atoms with Crippen LogP contribution in [-0.2, 0) is 11.2 Å². The molecule has 0 unspecified atom stereocenters. The summed E-state index contributed by atoms with van der Waals surface area (Å²) in [6.07, 6.45) is 9.64. The van der Waals surface area contributed by atoms with Gasteiger partial charge in [0.15, 0.2) is 0 Å². The van der Waals surface area contributed by atoms with Crippen molar-refractivity contribution in [1.29, 1.82) is 0 Å². The van der Waals surface area contributed by atoms with Gasteiger partial charge in [0.1, 0.15) is 0 Å². The molecule has 0 saturated heterocycles. The van der Waals surface area contributed by atoms with E-state index < -0.39 is 0 Å². The molecule has 1 N–H and O–H groups in total. The Labute approximate surface area is 151 Å². The molecule has 3 nitrogen and oxygen atoms in total. The van der Waals surface area contributed by atoms with E-state index in [2.05, 4.69) is 37.4 Å². The Bertz CT molecular complexity index is 660. The summed E-state index contributed by atoms with van der Waals surface area (Å²) in [5.74, 6) is 1.64. The first-order valence-corrected chi connectivity index (χ1v) is 9.50. The lowest BCUT2D eigenvalue weighted by Gasteiger charge is -2.46. The zero-order valence-corrected chi connectivity index (χ0v) is 15.7. The Morgan fingerprint density at radius 1 is 1.32 bits per heavy atom. The number of hydrogen-bond donors (Lipinski definition) is 1. The second kappa shape index (κ2) is 7.55. The molecule has 134 valence electrons. The summed E-state index contributed by atoms with van der Waals surface area (Å²) in [5, 5.41) is 4.28. The highest BCUT2D eigenvalue weighted by molar-refractivity contribution is 5.79. The molecule has 1 saturated carbocycles. The van der Waals surface area contributed by atoms with Crippen LogP contribution in [0.5, 0.6) is 0 Å². The number of nitrogens with one attached hydrogen (secondary N) is 1. The molecule has 1 aromatic carbocycles. The third-order valence-electron chi connectivity index (χ3n) is 6.05. The topological polar surface area (TPSA) is 41.5 Å². The van der Waals surface area contributed by atoms with Crippen LogP contribution in [-0.4, -0.2) is 12.1 Å². The molecule has 0 heterocycles. The van der Waals surface area contributed by atoms with Crippen molar-refractivity contribution in [2.45, 2.75) is 52.9 Å². The van der Waals surface area contributed by atoms with Gasteiger partial charge >= 0.3 is 0 Å². The van der Waals surface area contributed by atoms with Crippen LogP contribution in [0, 0.1) is 23.2 Å². The minimum absolute atomic E-state index is 0.0514. The fourth-order valence-electron chi connectivity index (χ4n) is 4.41. The number of benzene rings is 1. The number of carbonyl (C=O) groups excluding carboxylic acids is 1. The van der Waals surface area contributed by atoms with Gasteiger partial charge in [0.05, 0.1) is 6.42 Å². The minimum Gasteiger partial charge on any atom is -0.273 e.